The van der Waals surface area contributed by atoms with Gasteiger partial charge in [0.25, 0.3) is 0 Å². The quantitative estimate of drug-likeness (QED) is 0.782. The monoisotopic (exact) mass is 290 g/mol. The van der Waals surface area contributed by atoms with Crippen molar-refractivity contribution in [3.63, 3.8) is 0 Å². The molecule has 0 saturated heterocycles. The van der Waals surface area contributed by atoms with Crippen LogP contribution in [0.15, 0.2) is 0 Å². The fourth-order valence-corrected chi connectivity index (χ4v) is 2.59. The van der Waals surface area contributed by atoms with Gasteiger partial charge in [-0.2, -0.15) is 0 Å². The molecule has 118 valence electrons. The number of rotatable bonds is 8. The third-order valence-corrected chi connectivity index (χ3v) is 3.98. The van der Waals surface area contributed by atoms with E-state index in [1.54, 1.807) is 0 Å². The maximum atomic E-state index is 4.92. The van der Waals surface area contributed by atoms with Crippen molar-refractivity contribution in [2.24, 2.45) is 0 Å². The van der Waals surface area contributed by atoms with Crippen molar-refractivity contribution < 1.29 is 0 Å². The fourth-order valence-electron chi connectivity index (χ4n) is 2.59. The first kappa shape index (κ1) is 16.1. The summed E-state index contributed by atoms with van der Waals surface area (Å²) in [6, 6.07) is 0.463. The Morgan fingerprint density at radius 1 is 1.19 bits per heavy atom. The van der Waals surface area contributed by atoms with Crippen LogP contribution in [0.4, 0.5) is 11.6 Å². The van der Waals surface area contributed by atoms with Crippen LogP contribution in [-0.4, -0.2) is 29.1 Å². The number of hydrogen-bond acceptors (Lipinski definition) is 4. The normalized spacial score (nSPS) is 14.6. The standard InChI is InChI=1S/C17H30N4/c1-6-10-18-15-13(5)17(21(11-7-2)12(3)4)20-16(19-15)14-8-9-14/h12,14H,6-11H2,1-5H3,(H,18,19,20). The Hall–Kier alpha value is -1.32. The number of hydrogen-bond donors (Lipinski definition) is 1. The molecule has 0 atom stereocenters. The number of anilines is 2. The van der Waals surface area contributed by atoms with Crippen LogP contribution < -0.4 is 10.2 Å². The van der Waals surface area contributed by atoms with Crippen molar-refractivity contribution in [1.29, 1.82) is 0 Å². The molecule has 0 unspecified atom stereocenters. The SMILES string of the molecule is CCCNc1nc(C2CC2)nc(N(CCC)C(C)C)c1C. The number of nitrogens with one attached hydrogen (secondary N) is 1. The van der Waals surface area contributed by atoms with E-state index in [9.17, 15) is 0 Å². The van der Waals surface area contributed by atoms with E-state index in [0.717, 1.165) is 43.4 Å². The van der Waals surface area contributed by atoms with E-state index in [0.29, 0.717) is 12.0 Å². The van der Waals surface area contributed by atoms with Crippen molar-refractivity contribution in [3.05, 3.63) is 11.4 Å². The second kappa shape index (κ2) is 7.10. The van der Waals surface area contributed by atoms with Crippen LogP contribution in [0.2, 0.25) is 0 Å². The third-order valence-electron chi connectivity index (χ3n) is 3.98. The Kier molecular flexibility index (Phi) is 5.43. The van der Waals surface area contributed by atoms with Crippen molar-refractivity contribution >= 4 is 11.6 Å². The minimum atomic E-state index is 0.463. The van der Waals surface area contributed by atoms with Gasteiger partial charge in [-0.05, 0) is 46.5 Å². The van der Waals surface area contributed by atoms with Gasteiger partial charge < -0.3 is 10.2 Å². The van der Waals surface area contributed by atoms with Gasteiger partial charge in [0.1, 0.15) is 17.5 Å². The van der Waals surface area contributed by atoms with E-state index in [4.69, 9.17) is 9.97 Å². The molecule has 1 N–H and O–H groups in total. The Morgan fingerprint density at radius 3 is 2.43 bits per heavy atom. The average Bonchev–Trinajstić information content (AvgIpc) is 3.28. The van der Waals surface area contributed by atoms with E-state index in [-0.39, 0.29) is 0 Å². The van der Waals surface area contributed by atoms with Crippen molar-refractivity contribution in [2.45, 2.75) is 72.3 Å². The molecule has 1 aromatic heterocycles. The molecule has 1 aliphatic carbocycles. The highest BCUT2D eigenvalue weighted by atomic mass is 15.2. The molecule has 1 heterocycles. The second-order valence-corrected chi connectivity index (χ2v) is 6.37. The van der Waals surface area contributed by atoms with Crippen LogP contribution in [0.25, 0.3) is 0 Å². The van der Waals surface area contributed by atoms with Crippen molar-refractivity contribution in [3.8, 4) is 0 Å². The van der Waals surface area contributed by atoms with Crippen LogP contribution in [0.5, 0.6) is 0 Å². The Balaban J connectivity index is 2.38. The van der Waals surface area contributed by atoms with E-state index in [1.165, 1.54) is 18.4 Å². The summed E-state index contributed by atoms with van der Waals surface area (Å²) in [7, 11) is 0. The fraction of sp³-hybridized carbons (Fsp3) is 0.765. The highest BCUT2D eigenvalue weighted by molar-refractivity contribution is 5.59. The Morgan fingerprint density at radius 2 is 1.90 bits per heavy atom. The van der Waals surface area contributed by atoms with Gasteiger partial charge in [0.2, 0.25) is 0 Å². The molecule has 0 spiro atoms. The maximum absolute atomic E-state index is 4.92. The third kappa shape index (κ3) is 3.86. The summed E-state index contributed by atoms with van der Waals surface area (Å²) < 4.78 is 0. The van der Waals surface area contributed by atoms with Crippen LogP contribution in [-0.2, 0) is 0 Å². The Bertz CT molecular complexity index is 466. The molecular weight excluding hydrogens is 260 g/mol. The lowest BCUT2D eigenvalue weighted by Gasteiger charge is -2.30. The molecule has 0 bridgehead atoms. The van der Waals surface area contributed by atoms with Gasteiger partial charge in [0, 0.05) is 30.6 Å². The number of aromatic nitrogens is 2. The summed E-state index contributed by atoms with van der Waals surface area (Å²) in [5, 5.41) is 3.48. The van der Waals surface area contributed by atoms with Crippen LogP contribution in [0, 0.1) is 6.92 Å². The predicted octanol–water partition coefficient (Wildman–Crippen LogP) is 4.11. The zero-order valence-electron chi connectivity index (χ0n) is 14.2. The summed E-state index contributed by atoms with van der Waals surface area (Å²) in [5.41, 5.74) is 1.19. The lowest BCUT2D eigenvalue weighted by atomic mass is 10.2. The molecule has 21 heavy (non-hydrogen) atoms. The van der Waals surface area contributed by atoms with Crippen molar-refractivity contribution in [2.75, 3.05) is 23.3 Å². The van der Waals surface area contributed by atoms with Gasteiger partial charge in [0.15, 0.2) is 0 Å². The molecule has 1 saturated carbocycles. The minimum Gasteiger partial charge on any atom is -0.370 e. The first-order valence-electron chi connectivity index (χ1n) is 8.47. The molecule has 1 aromatic rings. The van der Waals surface area contributed by atoms with Gasteiger partial charge >= 0.3 is 0 Å². The van der Waals surface area contributed by atoms with Gasteiger partial charge in [-0.3, -0.25) is 0 Å². The lowest BCUT2D eigenvalue weighted by Crippen LogP contribution is -2.33. The topological polar surface area (TPSA) is 41.1 Å². The van der Waals surface area contributed by atoms with Crippen LogP contribution in [0.3, 0.4) is 0 Å². The molecule has 4 heteroatoms. The van der Waals surface area contributed by atoms with Crippen LogP contribution >= 0.6 is 0 Å². The van der Waals surface area contributed by atoms with Crippen LogP contribution in [0.1, 0.15) is 70.7 Å². The molecule has 2 rings (SSSR count). The molecule has 4 nitrogen and oxygen atoms in total. The predicted molar refractivity (Wildman–Crippen MR) is 90.3 cm³/mol. The maximum Gasteiger partial charge on any atom is 0.137 e. The molecule has 0 amide bonds. The lowest BCUT2D eigenvalue weighted by molar-refractivity contribution is 0.655. The van der Waals surface area contributed by atoms with Gasteiger partial charge in [0.05, 0.1) is 0 Å². The highest BCUT2D eigenvalue weighted by Crippen LogP contribution is 2.40. The van der Waals surface area contributed by atoms with E-state index < -0.39 is 0 Å². The average molecular weight is 290 g/mol. The first-order chi connectivity index (χ1) is 10.1. The summed E-state index contributed by atoms with van der Waals surface area (Å²) in [6.07, 6.45) is 4.73. The highest BCUT2D eigenvalue weighted by Gasteiger charge is 2.29. The van der Waals surface area contributed by atoms with E-state index in [1.807, 2.05) is 0 Å². The summed E-state index contributed by atoms with van der Waals surface area (Å²) in [5.74, 6) is 3.78. The largest absolute Gasteiger partial charge is 0.370 e. The second-order valence-electron chi connectivity index (χ2n) is 6.37. The van der Waals surface area contributed by atoms with Gasteiger partial charge in [-0.25, -0.2) is 9.97 Å². The van der Waals surface area contributed by atoms with E-state index in [2.05, 4.69) is 44.8 Å². The minimum absolute atomic E-state index is 0.463. The summed E-state index contributed by atoms with van der Waals surface area (Å²) in [4.78, 5) is 12.1. The number of nitrogens with zero attached hydrogens (tertiary/aromatic N) is 3. The Labute approximate surface area is 129 Å². The molecular formula is C17H30N4. The molecule has 1 fully saturated rings. The van der Waals surface area contributed by atoms with Crippen molar-refractivity contribution in [1.82, 2.24) is 9.97 Å². The van der Waals surface area contributed by atoms with Gasteiger partial charge in [-0.1, -0.05) is 13.8 Å². The molecule has 0 aliphatic heterocycles. The summed E-state index contributed by atoms with van der Waals surface area (Å²) >= 11 is 0. The molecule has 0 radical (unpaired) electrons. The summed E-state index contributed by atoms with van der Waals surface area (Å²) in [6.45, 7) is 13.1. The zero-order chi connectivity index (χ0) is 15.4. The zero-order valence-corrected chi connectivity index (χ0v) is 14.2. The first-order valence-corrected chi connectivity index (χ1v) is 8.47. The molecule has 0 aromatic carbocycles. The molecule has 1 aliphatic rings. The van der Waals surface area contributed by atoms with E-state index >= 15 is 0 Å². The van der Waals surface area contributed by atoms with Gasteiger partial charge in [-0.15, -0.1) is 0 Å². The smallest absolute Gasteiger partial charge is 0.137 e.